The van der Waals surface area contributed by atoms with Crippen LogP contribution in [0, 0.1) is 6.92 Å². The maximum absolute atomic E-state index is 12.3. The van der Waals surface area contributed by atoms with Crippen LogP contribution in [0.5, 0.6) is 0 Å². The Kier molecular flexibility index (Phi) is 6.90. The molecule has 144 valence electrons. The first-order valence-corrected chi connectivity index (χ1v) is 11.3. The quantitative estimate of drug-likeness (QED) is 0.785. The first kappa shape index (κ1) is 19.9. The first-order valence-electron chi connectivity index (χ1n) is 9.22. The van der Waals surface area contributed by atoms with Gasteiger partial charge in [-0.05, 0) is 33.1 Å². The van der Waals surface area contributed by atoms with E-state index < -0.39 is 0 Å². The molecule has 0 unspecified atom stereocenters. The summed E-state index contributed by atoms with van der Waals surface area (Å²) < 4.78 is 0. The monoisotopic (exact) mass is 403 g/mol. The number of amides is 2. The van der Waals surface area contributed by atoms with Crippen LogP contribution in [0.3, 0.4) is 0 Å². The fourth-order valence-electron chi connectivity index (χ4n) is 3.13. The number of likely N-dealkylation sites (tertiary alicyclic amines) is 1. The lowest BCUT2D eigenvalue weighted by molar-refractivity contribution is -0.131. The molecule has 27 heavy (non-hydrogen) atoms. The first-order chi connectivity index (χ1) is 13.0. The molecule has 2 heterocycles. The molecule has 0 saturated carbocycles. The number of aromatic nitrogens is 1. The minimum atomic E-state index is -0.121. The van der Waals surface area contributed by atoms with E-state index in [2.05, 4.69) is 17.2 Å². The number of nitrogens with zero attached hydrogens (tertiary/aromatic N) is 2. The van der Waals surface area contributed by atoms with Gasteiger partial charge in [-0.15, -0.1) is 23.1 Å². The van der Waals surface area contributed by atoms with Gasteiger partial charge in [0, 0.05) is 23.5 Å². The molecule has 1 aliphatic heterocycles. The minimum Gasteiger partial charge on any atom is -0.339 e. The van der Waals surface area contributed by atoms with Crippen LogP contribution in [0.2, 0.25) is 0 Å². The van der Waals surface area contributed by atoms with Crippen LogP contribution in [0.15, 0.2) is 29.6 Å². The summed E-state index contributed by atoms with van der Waals surface area (Å²) in [6, 6.07) is 8.46. The van der Waals surface area contributed by atoms with E-state index in [9.17, 15) is 9.59 Å². The second-order valence-corrected chi connectivity index (χ2v) is 8.72. The normalized spacial score (nSPS) is 17.0. The second-order valence-electron chi connectivity index (χ2n) is 6.88. The number of anilines is 1. The highest BCUT2D eigenvalue weighted by Crippen LogP contribution is 2.25. The van der Waals surface area contributed by atoms with E-state index in [-0.39, 0.29) is 17.6 Å². The molecule has 5 nitrogen and oxygen atoms in total. The van der Waals surface area contributed by atoms with Gasteiger partial charge in [-0.3, -0.25) is 9.59 Å². The third-order valence-electron chi connectivity index (χ3n) is 4.68. The van der Waals surface area contributed by atoms with Crippen LogP contribution < -0.4 is 5.32 Å². The summed E-state index contributed by atoms with van der Waals surface area (Å²) in [5.74, 6) is 0.623. The van der Waals surface area contributed by atoms with Crippen LogP contribution in [-0.4, -0.2) is 45.8 Å². The van der Waals surface area contributed by atoms with Crippen LogP contribution >= 0.6 is 23.1 Å². The summed E-state index contributed by atoms with van der Waals surface area (Å²) in [7, 11) is 0. The standard InChI is InChI=1S/C20H25N3O2S2/c1-14-6-8-16(9-7-14)17-11-27-20(21-17)22-18(24)12-26-13-19(25)23-10-4-3-5-15(23)2/h6-9,11,15H,3-5,10,12-13H2,1-2H3,(H,21,22,24)/t15-/m0/s1. The number of piperidine rings is 1. The van der Waals surface area contributed by atoms with Crippen LogP contribution in [0.4, 0.5) is 5.13 Å². The highest BCUT2D eigenvalue weighted by molar-refractivity contribution is 8.00. The SMILES string of the molecule is Cc1ccc(-c2csc(NC(=O)CSCC(=O)N3CCCC[C@@H]3C)n2)cc1. The Bertz CT molecular complexity index is 789. The van der Waals surface area contributed by atoms with Gasteiger partial charge in [-0.2, -0.15) is 0 Å². The number of thioether (sulfide) groups is 1. The Hall–Kier alpha value is -1.86. The molecule has 3 rings (SSSR count). The van der Waals surface area contributed by atoms with Crippen LogP contribution in [-0.2, 0) is 9.59 Å². The largest absolute Gasteiger partial charge is 0.339 e. The smallest absolute Gasteiger partial charge is 0.236 e. The van der Waals surface area contributed by atoms with Gasteiger partial charge in [0.1, 0.15) is 0 Å². The fraction of sp³-hybridized carbons (Fsp3) is 0.450. The molecular weight excluding hydrogens is 378 g/mol. The van der Waals surface area contributed by atoms with Crippen molar-refractivity contribution in [3.8, 4) is 11.3 Å². The number of aryl methyl sites for hydroxylation is 1. The summed E-state index contributed by atoms with van der Waals surface area (Å²) >= 11 is 2.77. The van der Waals surface area contributed by atoms with Crippen molar-refractivity contribution in [3.05, 3.63) is 35.2 Å². The molecule has 1 saturated heterocycles. The molecule has 0 radical (unpaired) electrons. The Balaban J connectivity index is 1.44. The number of thiazole rings is 1. The van der Waals surface area contributed by atoms with Gasteiger partial charge < -0.3 is 10.2 Å². The Morgan fingerprint density at radius 1 is 1.26 bits per heavy atom. The predicted octanol–water partition coefficient (Wildman–Crippen LogP) is 4.19. The van der Waals surface area contributed by atoms with Gasteiger partial charge in [0.15, 0.2) is 5.13 Å². The molecule has 0 aliphatic carbocycles. The zero-order chi connectivity index (χ0) is 19.2. The van der Waals surface area contributed by atoms with E-state index in [4.69, 9.17) is 0 Å². The molecule has 1 N–H and O–H groups in total. The number of benzene rings is 1. The van der Waals surface area contributed by atoms with Crippen LogP contribution in [0.25, 0.3) is 11.3 Å². The van der Waals surface area contributed by atoms with E-state index in [1.54, 1.807) is 0 Å². The van der Waals surface area contributed by atoms with Crippen molar-refractivity contribution in [3.63, 3.8) is 0 Å². The Labute approximate surface area is 168 Å². The number of carbonyl (C=O) groups is 2. The van der Waals surface area contributed by atoms with E-state index in [1.165, 1.54) is 35.1 Å². The third-order valence-corrected chi connectivity index (χ3v) is 6.35. The highest BCUT2D eigenvalue weighted by atomic mass is 32.2. The van der Waals surface area contributed by atoms with E-state index in [0.717, 1.165) is 30.6 Å². The molecule has 0 bridgehead atoms. The van der Waals surface area contributed by atoms with Crippen molar-refractivity contribution >= 4 is 40.0 Å². The van der Waals surface area contributed by atoms with Gasteiger partial charge in [0.2, 0.25) is 11.8 Å². The maximum Gasteiger partial charge on any atom is 0.236 e. The van der Waals surface area contributed by atoms with Crippen molar-refractivity contribution < 1.29 is 9.59 Å². The van der Waals surface area contributed by atoms with E-state index in [1.807, 2.05) is 41.5 Å². The molecule has 1 aromatic heterocycles. The Morgan fingerprint density at radius 2 is 2.04 bits per heavy atom. The minimum absolute atomic E-state index is 0.121. The van der Waals surface area contributed by atoms with Gasteiger partial charge in [0.25, 0.3) is 0 Å². The average molecular weight is 404 g/mol. The van der Waals surface area contributed by atoms with Crippen molar-refractivity contribution in [1.82, 2.24) is 9.88 Å². The lowest BCUT2D eigenvalue weighted by Gasteiger charge is -2.33. The molecule has 1 aromatic carbocycles. The van der Waals surface area contributed by atoms with Gasteiger partial charge in [0.05, 0.1) is 17.2 Å². The lowest BCUT2D eigenvalue weighted by Crippen LogP contribution is -2.43. The van der Waals surface area contributed by atoms with Gasteiger partial charge >= 0.3 is 0 Å². The molecule has 1 aliphatic rings. The van der Waals surface area contributed by atoms with Crippen molar-refractivity contribution in [2.75, 3.05) is 23.4 Å². The predicted molar refractivity (Wildman–Crippen MR) is 113 cm³/mol. The number of rotatable bonds is 6. The zero-order valence-electron chi connectivity index (χ0n) is 15.7. The maximum atomic E-state index is 12.3. The molecule has 1 atom stereocenters. The molecule has 7 heteroatoms. The molecule has 0 spiro atoms. The summed E-state index contributed by atoms with van der Waals surface area (Å²) in [5.41, 5.74) is 3.10. The zero-order valence-corrected chi connectivity index (χ0v) is 17.4. The van der Waals surface area contributed by atoms with Gasteiger partial charge in [-0.25, -0.2) is 4.98 Å². The summed E-state index contributed by atoms with van der Waals surface area (Å²) in [6.07, 6.45) is 3.34. The molecular formula is C20H25N3O2S2. The molecule has 2 aromatic rings. The Morgan fingerprint density at radius 3 is 2.78 bits per heavy atom. The number of hydrogen-bond acceptors (Lipinski definition) is 5. The summed E-state index contributed by atoms with van der Waals surface area (Å²) in [6.45, 7) is 4.99. The van der Waals surface area contributed by atoms with Crippen molar-refractivity contribution in [1.29, 1.82) is 0 Å². The summed E-state index contributed by atoms with van der Waals surface area (Å²) in [4.78, 5) is 30.9. The average Bonchev–Trinajstić information content (AvgIpc) is 3.11. The third kappa shape index (κ3) is 5.56. The molecule has 1 fully saturated rings. The van der Waals surface area contributed by atoms with E-state index in [0.29, 0.717) is 16.9 Å². The van der Waals surface area contributed by atoms with Crippen LogP contribution in [0.1, 0.15) is 31.7 Å². The summed E-state index contributed by atoms with van der Waals surface area (Å²) in [5, 5.41) is 5.36. The van der Waals surface area contributed by atoms with E-state index >= 15 is 0 Å². The molecule has 2 amide bonds. The fourth-order valence-corrected chi connectivity index (χ4v) is 4.56. The highest BCUT2D eigenvalue weighted by Gasteiger charge is 2.23. The lowest BCUT2D eigenvalue weighted by atomic mass is 10.0. The van der Waals surface area contributed by atoms with Gasteiger partial charge in [-0.1, -0.05) is 29.8 Å². The number of carbonyl (C=O) groups excluding carboxylic acids is 2. The second kappa shape index (κ2) is 9.37. The van der Waals surface area contributed by atoms with Crippen molar-refractivity contribution in [2.24, 2.45) is 0 Å². The van der Waals surface area contributed by atoms with Crippen molar-refractivity contribution in [2.45, 2.75) is 39.2 Å². The topological polar surface area (TPSA) is 62.3 Å². The number of hydrogen-bond donors (Lipinski definition) is 1. The number of nitrogens with one attached hydrogen (secondary N) is 1.